The molecule has 2 rings (SSSR count). The van der Waals surface area contributed by atoms with E-state index < -0.39 is 60.0 Å². The average molecular weight is 499 g/mol. The number of aromatic amines is 1. The van der Waals surface area contributed by atoms with Gasteiger partial charge in [0, 0.05) is 17.3 Å². The van der Waals surface area contributed by atoms with Crippen molar-refractivity contribution in [3.8, 4) is 0 Å². The Morgan fingerprint density at radius 1 is 1.15 bits per heavy atom. The van der Waals surface area contributed by atoms with Crippen molar-refractivity contribution in [2.45, 2.75) is 37.3 Å². The quantitative estimate of drug-likeness (QED) is 0.292. The number of rotatable bonds is 8. The minimum Gasteiger partial charge on any atom is -0.385 e. The summed E-state index contributed by atoms with van der Waals surface area (Å²) in [5, 5.41) is 2.03. The van der Waals surface area contributed by atoms with Gasteiger partial charge in [0.1, 0.15) is 11.7 Å². The Morgan fingerprint density at radius 3 is 2.36 bits per heavy atom. The summed E-state index contributed by atoms with van der Waals surface area (Å²) in [5.41, 5.74) is 3.96. The lowest BCUT2D eigenvalue weighted by Gasteiger charge is -2.20. The molecule has 1 aromatic carbocycles. The lowest BCUT2D eigenvalue weighted by atomic mass is 10.0. The number of hydrogen-bond acceptors (Lipinski definition) is 6. The Kier molecular flexibility index (Phi) is 8.41. The van der Waals surface area contributed by atoms with Crippen LogP contribution in [-0.2, 0) is 31.7 Å². The minimum absolute atomic E-state index is 0.0192. The number of aromatic nitrogens is 1. The highest BCUT2D eigenvalue weighted by Gasteiger charge is 2.44. The standard InChI is InChI=1S/C19H19F6N3O4S/c1-33-7-6-11(26)15(29)28-13(16(30)32-17(31)19(23,24)25)8-10-9-4-2-3-5-12(9)27-14(10)18(20,21)22/h2-5,11,13,27H,6-8,26H2,1H3,(H,28,29)/t11-,13-/m0/s1. The van der Waals surface area contributed by atoms with Gasteiger partial charge in [0.05, 0.1) is 6.04 Å². The van der Waals surface area contributed by atoms with Gasteiger partial charge < -0.3 is 20.8 Å². The smallest absolute Gasteiger partial charge is 0.385 e. The fourth-order valence-corrected chi connectivity index (χ4v) is 3.42. The van der Waals surface area contributed by atoms with Crippen LogP contribution in [0.25, 0.3) is 10.9 Å². The molecule has 0 saturated carbocycles. The summed E-state index contributed by atoms with van der Waals surface area (Å²) in [6, 6.07) is 2.23. The fraction of sp³-hybridized carbons (Fsp3) is 0.421. The molecular weight excluding hydrogens is 480 g/mol. The number of amides is 1. The zero-order chi connectivity index (χ0) is 25.0. The molecule has 0 aliphatic rings. The van der Waals surface area contributed by atoms with E-state index in [-0.39, 0.29) is 17.3 Å². The van der Waals surface area contributed by atoms with Gasteiger partial charge in [-0.2, -0.15) is 38.1 Å². The Hall–Kier alpha value is -2.74. The average Bonchev–Trinajstić information content (AvgIpc) is 3.09. The molecule has 0 spiro atoms. The Bertz CT molecular complexity index is 1020. The molecule has 0 fully saturated rings. The summed E-state index contributed by atoms with van der Waals surface area (Å²) in [6.07, 6.45) is -9.51. The summed E-state index contributed by atoms with van der Waals surface area (Å²) in [7, 11) is 0. The number of ether oxygens (including phenoxy) is 1. The number of halogens is 6. The van der Waals surface area contributed by atoms with Gasteiger partial charge in [0.2, 0.25) is 5.91 Å². The Labute approximate surface area is 187 Å². The van der Waals surface area contributed by atoms with Crippen LogP contribution in [0.1, 0.15) is 17.7 Å². The molecule has 33 heavy (non-hydrogen) atoms. The number of hydrogen-bond donors (Lipinski definition) is 3. The number of nitrogens with one attached hydrogen (secondary N) is 2. The van der Waals surface area contributed by atoms with Crippen LogP contribution < -0.4 is 11.1 Å². The number of nitrogens with two attached hydrogens (primary N) is 1. The van der Waals surface area contributed by atoms with E-state index in [1.54, 1.807) is 6.26 Å². The van der Waals surface area contributed by atoms with Gasteiger partial charge >= 0.3 is 24.3 Å². The first-order chi connectivity index (χ1) is 15.3. The molecule has 0 aliphatic carbocycles. The van der Waals surface area contributed by atoms with E-state index in [0.29, 0.717) is 5.75 Å². The number of fused-ring (bicyclic) bond motifs is 1. The van der Waals surface area contributed by atoms with Crippen LogP contribution in [0, 0.1) is 0 Å². The topological polar surface area (TPSA) is 114 Å². The second-order valence-electron chi connectivity index (χ2n) is 6.88. The molecule has 0 aliphatic heterocycles. The molecular formula is C19H19F6N3O4S. The maximum Gasteiger partial charge on any atom is 0.491 e. The number of carbonyl (C=O) groups excluding carboxylic acids is 3. The molecule has 2 aromatic rings. The van der Waals surface area contributed by atoms with Gasteiger partial charge in [0.15, 0.2) is 0 Å². The summed E-state index contributed by atoms with van der Waals surface area (Å²) in [5.74, 6) is -5.31. The third-order valence-corrected chi connectivity index (χ3v) is 5.14. The lowest BCUT2D eigenvalue weighted by Crippen LogP contribution is -2.51. The van der Waals surface area contributed by atoms with E-state index in [1.165, 1.54) is 36.0 Å². The first-order valence-corrected chi connectivity index (χ1v) is 10.7. The molecule has 0 unspecified atom stereocenters. The SMILES string of the molecule is CSCC[C@H](N)C(=O)N[C@@H](Cc1c(C(F)(F)F)[nH]c2ccccc12)C(=O)OC(=O)C(F)(F)F. The molecule has 2 atom stereocenters. The highest BCUT2D eigenvalue weighted by atomic mass is 32.2. The van der Waals surface area contributed by atoms with Gasteiger partial charge in [-0.1, -0.05) is 18.2 Å². The van der Waals surface area contributed by atoms with Crippen molar-refractivity contribution in [3.63, 3.8) is 0 Å². The normalized spacial score (nSPS) is 14.1. The lowest BCUT2D eigenvalue weighted by molar-refractivity contribution is -0.202. The molecule has 1 amide bonds. The second-order valence-corrected chi connectivity index (χ2v) is 7.87. The number of benzene rings is 1. The largest absolute Gasteiger partial charge is 0.491 e. The van der Waals surface area contributed by atoms with Crippen molar-refractivity contribution in [2.24, 2.45) is 5.73 Å². The molecule has 0 bridgehead atoms. The number of alkyl halides is 6. The van der Waals surface area contributed by atoms with Crippen LogP contribution in [-0.4, -0.2) is 53.1 Å². The van der Waals surface area contributed by atoms with E-state index >= 15 is 0 Å². The predicted octanol–water partition coefficient (Wildman–Crippen LogP) is 2.93. The summed E-state index contributed by atoms with van der Waals surface area (Å²) in [4.78, 5) is 37.9. The van der Waals surface area contributed by atoms with Gasteiger partial charge in [-0.15, -0.1) is 0 Å². The van der Waals surface area contributed by atoms with Gasteiger partial charge in [0.25, 0.3) is 0 Å². The van der Waals surface area contributed by atoms with Crippen LogP contribution in [0.2, 0.25) is 0 Å². The third kappa shape index (κ3) is 6.87. The summed E-state index contributed by atoms with van der Waals surface area (Å²) in [6.45, 7) is 0. The molecule has 4 N–H and O–H groups in total. The van der Waals surface area contributed by atoms with Gasteiger partial charge in [-0.3, -0.25) is 4.79 Å². The van der Waals surface area contributed by atoms with Crippen molar-refractivity contribution < 1.29 is 45.5 Å². The number of para-hydroxylation sites is 1. The maximum absolute atomic E-state index is 13.6. The van der Waals surface area contributed by atoms with Crippen LogP contribution in [0.4, 0.5) is 26.3 Å². The molecule has 0 radical (unpaired) electrons. The van der Waals surface area contributed by atoms with Crippen LogP contribution in [0.15, 0.2) is 24.3 Å². The van der Waals surface area contributed by atoms with Crippen molar-refractivity contribution in [1.29, 1.82) is 0 Å². The van der Waals surface area contributed by atoms with Crippen LogP contribution in [0.5, 0.6) is 0 Å². The van der Waals surface area contributed by atoms with E-state index in [2.05, 4.69) is 9.72 Å². The fourth-order valence-electron chi connectivity index (χ4n) is 2.93. The molecule has 182 valence electrons. The number of carbonyl (C=O) groups is 3. The molecule has 14 heteroatoms. The monoisotopic (exact) mass is 499 g/mol. The van der Waals surface area contributed by atoms with E-state index in [9.17, 15) is 40.7 Å². The molecule has 1 aromatic heterocycles. The third-order valence-electron chi connectivity index (χ3n) is 4.50. The van der Waals surface area contributed by atoms with E-state index in [1.807, 2.05) is 5.32 Å². The highest BCUT2D eigenvalue weighted by Crippen LogP contribution is 2.36. The van der Waals surface area contributed by atoms with Crippen molar-refractivity contribution >= 4 is 40.5 Å². The molecule has 7 nitrogen and oxygen atoms in total. The van der Waals surface area contributed by atoms with Crippen molar-refractivity contribution in [1.82, 2.24) is 10.3 Å². The summed E-state index contributed by atoms with van der Waals surface area (Å²) >= 11 is 1.34. The van der Waals surface area contributed by atoms with Gasteiger partial charge in [-0.25, -0.2) is 9.59 Å². The van der Waals surface area contributed by atoms with Crippen LogP contribution in [0.3, 0.4) is 0 Å². The molecule has 1 heterocycles. The Balaban J connectivity index is 2.43. The number of H-pyrrole nitrogens is 1. The first kappa shape index (κ1) is 26.5. The zero-order valence-corrected chi connectivity index (χ0v) is 17.8. The van der Waals surface area contributed by atoms with Crippen LogP contribution >= 0.6 is 11.8 Å². The Morgan fingerprint density at radius 2 is 1.79 bits per heavy atom. The minimum atomic E-state index is -5.53. The highest BCUT2D eigenvalue weighted by molar-refractivity contribution is 7.98. The second kappa shape index (κ2) is 10.5. The zero-order valence-electron chi connectivity index (χ0n) is 17.0. The van der Waals surface area contributed by atoms with Crippen molar-refractivity contribution in [3.05, 3.63) is 35.5 Å². The first-order valence-electron chi connectivity index (χ1n) is 9.30. The molecule has 0 saturated heterocycles. The van der Waals surface area contributed by atoms with Crippen molar-refractivity contribution in [2.75, 3.05) is 12.0 Å². The van der Waals surface area contributed by atoms with E-state index in [0.717, 1.165) is 0 Å². The maximum atomic E-state index is 13.6. The predicted molar refractivity (Wildman–Crippen MR) is 107 cm³/mol. The van der Waals surface area contributed by atoms with E-state index in [4.69, 9.17) is 5.73 Å². The van der Waals surface area contributed by atoms with Gasteiger partial charge in [-0.05, 0) is 30.1 Å². The number of thioether (sulfide) groups is 1. The summed E-state index contributed by atoms with van der Waals surface area (Å²) < 4.78 is 82.1. The number of esters is 2.